The first-order valence-corrected chi connectivity index (χ1v) is 6.23. The quantitative estimate of drug-likeness (QED) is 0.792. The van der Waals surface area contributed by atoms with E-state index in [1.54, 1.807) is 6.07 Å². The van der Waals surface area contributed by atoms with Crippen molar-refractivity contribution in [3.8, 4) is 5.75 Å². The SMILES string of the molecule is O=C(Cc1cccs1)c1cccc(OC(F)(F)F)c1. The Bertz CT molecular complexity index is 562. The number of thiophene rings is 1. The van der Waals surface area contributed by atoms with E-state index in [1.807, 2.05) is 11.4 Å². The molecule has 2 aromatic rings. The van der Waals surface area contributed by atoms with Gasteiger partial charge in [0.1, 0.15) is 5.75 Å². The van der Waals surface area contributed by atoms with E-state index < -0.39 is 6.36 Å². The Hall–Kier alpha value is -1.82. The molecule has 6 heteroatoms. The summed E-state index contributed by atoms with van der Waals surface area (Å²) in [5, 5.41) is 1.84. The van der Waals surface area contributed by atoms with Gasteiger partial charge in [-0.05, 0) is 23.6 Å². The van der Waals surface area contributed by atoms with Crippen molar-refractivity contribution in [3.05, 3.63) is 52.2 Å². The summed E-state index contributed by atoms with van der Waals surface area (Å²) in [5.74, 6) is -0.625. The second kappa shape index (κ2) is 5.44. The lowest BCUT2D eigenvalue weighted by molar-refractivity contribution is -0.274. The second-order valence-corrected chi connectivity index (χ2v) is 4.79. The Balaban J connectivity index is 2.12. The van der Waals surface area contributed by atoms with E-state index in [0.29, 0.717) is 0 Å². The van der Waals surface area contributed by atoms with Gasteiger partial charge in [0.2, 0.25) is 0 Å². The van der Waals surface area contributed by atoms with Crippen molar-refractivity contribution in [3.63, 3.8) is 0 Å². The van der Waals surface area contributed by atoms with Gasteiger partial charge in [0.05, 0.1) is 0 Å². The van der Waals surface area contributed by atoms with Gasteiger partial charge in [0, 0.05) is 16.9 Å². The zero-order valence-corrected chi connectivity index (χ0v) is 10.4. The van der Waals surface area contributed by atoms with Gasteiger partial charge in [-0.25, -0.2) is 0 Å². The molecular weight excluding hydrogens is 277 g/mol. The van der Waals surface area contributed by atoms with Crippen molar-refractivity contribution in [2.75, 3.05) is 0 Å². The number of carbonyl (C=O) groups is 1. The number of ketones is 1. The minimum Gasteiger partial charge on any atom is -0.406 e. The molecule has 1 aromatic carbocycles. The zero-order chi connectivity index (χ0) is 13.9. The number of rotatable bonds is 4. The Labute approximate surface area is 111 Å². The smallest absolute Gasteiger partial charge is 0.406 e. The van der Waals surface area contributed by atoms with Crippen LogP contribution in [0.5, 0.6) is 5.75 Å². The van der Waals surface area contributed by atoms with Gasteiger partial charge in [-0.1, -0.05) is 18.2 Å². The summed E-state index contributed by atoms with van der Waals surface area (Å²) in [7, 11) is 0. The number of benzene rings is 1. The molecule has 19 heavy (non-hydrogen) atoms. The average Bonchev–Trinajstić information content (AvgIpc) is 2.80. The van der Waals surface area contributed by atoms with Gasteiger partial charge in [-0.2, -0.15) is 0 Å². The largest absolute Gasteiger partial charge is 0.573 e. The molecule has 1 heterocycles. The van der Waals surface area contributed by atoms with Gasteiger partial charge in [0.15, 0.2) is 5.78 Å². The highest BCUT2D eigenvalue weighted by Crippen LogP contribution is 2.24. The van der Waals surface area contributed by atoms with Gasteiger partial charge >= 0.3 is 6.36 Å². The predicted octanol–water partition coefficient (Wildman–Crippen LogP) is 4.07. The second-order valence-electron chi connectivity index (χ2n) is 3.75. The van der Waals surface area contributed by atoms with Crippen LogP contribution in [0.25, 0.3) is 0 Å². The van der Waals surface area contributed by atoms with Crippen molar-refractivity contribution in [1.82, 2.24) is 0 Å². The molecule has 0 saturated carbocycles. The number of halogens is 3. The van der Waals surface area contributed by atoms with Crippen molar-refractivity contribution in [2.24, 2.45) is 0 Å². The topological polar surface area (TPSA) is 26.3 Å². The molecule has 0 saturated heterocycles. The number of hydrogen-bond donors (Lipinski definition) is 0. The van der Waals surface area contributed by atoms with Crippen LogP contribution in [0.1, 0.15) is 15.2 Å². The highest BCUT2D eigenvalue weighted by Gasteiger charge is 2.31. The maximum Gasteiger partial charge on any atom is 0.573 e. The molecule has 0 aliphatic carbocycles. The van der Waals surface area contributed by atoms with Crippen LogP contribution in [-0.4, -0.2) is 12.1 Å². The van der Waals surface area contributed by atoms with Crippen LogP contribution >= 0.6 is 11.3 Å². The van der Waals surface area contributed by atoms with E-state index in [0.717, 1.165) is 17.0 Å². The summed E-state index contributed by atoms with van der Waals surface area (Å²) in [6, 6.07) is 8.72. The summed E-state index contributed by atoms with van der Waals surface area (Å²) in [6.45, 7) is 0. The van der Waals surface area contributed by atoms with Crippen molar-refractivity contribution >= 4 is 17.1 Å². The molecule has 2 rings (SSSR count). The lowest BCUT2D eigenvalue weighted by atomic mass is 10.1. The Kier molecular flexibility index (Phi) is 3.90. The fourth-order valence-corrected chi connectivity index (χ4v) is 2.24. The molecule has 0 atom stereocenters. The zero-order valence-electron chi connectivity index (χ0n) is 9.61. The lowest BCUT2D eigenvalue weighted by Crippen LogP contribution is -2.17. The number of carbonyl (C=O) groups excluding carboxylic acids is 1. The number of ether oxygens (including phenoxy) is 1. The molecule has 0 bridgehead atoms. The molecule has 0 N–H and O–H groups in total. The molecule has 2 nitrogen and oxygen atoms in total. The molecule has 0 unspecified atom stereocenters. The van der Waals surface area contributed by atoms with Crippen LogP contribution < -0.4 is 4.74 Å². The summed E-state index contributed by atoms with van der Waals surface area (Å²) in [5.41, 5.74) is 0.204. The number of alkyl halides is 3. The van der Waals surface area contributed by atoms with Gasteiger partial charge < -0.3 is 4.74 Å². The monoisotopic (exact) mass is 286 g/mol. The molecule has 100 valence electrons. The highest BCUT2D eigenvalue weighted by atomic mass is 32.1. The fourth-order valence-electron chi connectivity index (χ4n) is 1.54. The Morgan fingerprint density at radius 1 is 1.21 bits per heavy atom. The van der Waals surface area contributed by atoms with Crippen molar-refractivity contribution < 1.29 is 22.7 Å². The fraction of sp³-hybridized carbons (Fsp3) is 0.154. The first-order valence-electron chi connectivity index (χ1n) is 5.35. The van der Waals surface area contributed by atoms with Crippen LogP contribution in [0.2, 0.25) is 0 Å². The van der Waals surface area contributed by atoms with Crippen LogP contribution in [0.3, 0.4) is 0 Å². The average molecular weight is 286 g/mol. The molecule has 0 aliphatic heterocycles. The molecule has 0 fully saturated rings. The maximum absolute atomic E-state index is 12.1. The highest BCUT2D eigenvalue weighted by molar-refractivity contribution is 7.10. The Morgan fingerprint density at radius 2 is 2.00 bits per heavy atom. The molecule has 0 aliphatic rings. The van der Waals surface area contributed by atoms with Crippen LogP contribution in [-0.2, 0) is 6.42 Å². The first-order chi connectivity index (χ1) is 8.94. The van der Waals surface area contributed by atoms with Gasteiger partial charge in [0.25, 0.3) is 0 Å². The summed E-state index contributed by atoms with van der Waals surface area (Å²) >= 11 is 1.43. The number of Topliss-reactive ketones (excluding diaryl/α,β-unsaturated/α-hetero) is 1. The standard InChI is InChI=1S/C13H9F3O2S/c14-13(15,16)18-10-4-1-3-9(7-10)12(17)8-11-5-2-6-19-11/h1-7H,8H2. The summed E-state index contributed by atoms with van der Waals surface area (Å²) < 4.78 is 40.0. The Morgan fingerprint density at radius 3 is 2.63 bits per heavy atom. The van der Waals surface area contributed by atoms with Gasteiger partial charge in [-0.3, -0.25) is 4.79 Å². The van der Waals surface area contributed by atoms with Crippen molar-refractivity contribution in [1.29, 1.82) is 0 Å². The normalized spacial score (nSPS) is 11.3. The third-order valence-electron chi connectivity index (χ3n) is 2.30. The van der Waals surface area contributed by atoms with Crippen molar-refractivity contribution in [2.45, 2.75) is 12.8 Å². The van der Waals surface area contributed by atoms with E-state index in [4.69, 9.17) is 0 Å². The molecule has 0 spiro atoms. The molecule has 1 aromatic heterocycles. The summed E-state index contributed by atoms with van der Waals surface area (Å²) in [6.07, 6.45) is -4.58. The summed E-state index contributed by atoms with van der Waals surface area (Å²) in [4.78, 5) is 12.8. The lowest BCUT2D eigenvalue weighted by Gasteiger charge is -2.09. The molecular formula is C13H9F3O2S. The van der Waals surface area contributed by atoms with E-state index in [1.165, 1.54) is 23.5 Å². The van der Waals surface area contributed by atoms with Crippen LogP contribution in [0.15, 0.2) is 41.8 Å². The molecule has 0 radical (unpaired) electrons. The van der Waals surface area contributed by atoms with Gasteiger partial charge in [-0.15, -0.1) is 24.5 Å². The third-order valence-corrected chi connectivity index (χ3v) is 3.18. The van der Waals surface area contributed by atoms with E-state index >= 15 is 0 Å². The van der Waals surface area contributed by atoms with Crippen LogP contribution in [0.4, 0.5) is 13.2 Å². The number of hydrogen-bond acceptors (Lipinski definition) is 3. The first kappa shape index (κ1) is 13.6. The van der Waals surface area contributed by atoms with Crippen LogP contribution in [0, 0.1) is 0 Å². The minimum absolute atomic E-state index is 0.174. The third kappa shape index (κ3) is 4.10. The molecule has 0 amide bonds. The van der Waals surface area contributed by atoms with E-state index in [2.05, 4.69) is 4.74 Å². The van der Waals surface area contributed by atoms with E-state index in [9.17, 15) is 18.0 Å². The maximum atomic E-state index is 12.1. The van der Waals surface area contributed by atoms with E-state index in [-0.39, 0.29) is 23.5 Å². The minimum atomic E-state index is -4.75. The predicted molar refractivity (Wildman–Crippen MR) is 65.5 cm³/mol.